The molecule has 5 nitrogen and oxygen atoms in total. The van der Waals surface area contributed by atoms with Gasteiger partial charge in [0, 0.05) is 18.4 Å². The molecule has 5 aliphatic rings. The Morgan fingerprint density at radius 3 is 1.96 bits per heavy atom. The van der Waals surface area contributed by atoms with Crippen LogP contribution in [0.3, 0.4) is 0 Å². The van der Waals surface area contributed by atoms with E-state index in [1.54, 1.807) is 13.8 Å². The van der Waals surface area contributed by atoms with Crippen LogP contribution in [0, 0.1) is 35.5 Å². The number of hydrogen-bond acceptors (Lipinski definition) is 4. The Labute approximate surface area is 143 Å². The lowest BCUT2D eigenvalue weighted by atomic mass is 9.55. The summed E-state index contributed by atoms with van der Waals surface area (Å²) >= 11 is 0. The summed E-state index contributed by atoms with van der Waals surface area (Å²) in [4.78, 5) is 37.7. The summed E-state index contributed by atoms with van der Waals surface area (Å²) in [5.74, 6) is 1.66. The summed E-state index contributed by atoms with van der Waals surface area (Å²) < 4.78 is 5.82. The SMILES string of the molecule is CC1C(=O)N(CCC(=O)OC2C3CC4CC(C3)CC2C4)C(=O)C1C. The average molecular weight is 333 g/mol. The highest BCUT2D eigenvalue weighted by Gasteiger charge is 2.50. The summed E-state index contributed by atoms with van der Waals surface area (Å²) in [6, 6.07) is 0. The molecule has 5 heteroatoms. The largest absolute Gasteiger partial charge is 0.462 e. The quantitative estimate of drug-likeness (QED) is 0.585. The molecule has 1 aliphatic heterocycles. The third-order valence-corrected chi connectivity index (χ3v) is 7.01. The van der Waals surface area contributed by atoms with Crippen molar-refractivity contribution in [3.05, 3.63) is 0 Å². The Bertz CT molecular complexity index is 524. The van der Waals surface area contributed by atoms with Gasteiger partial charge in [0.1, 0.15) is 6.10 Å². The zero-order valence-corrected chi connectivity index (χ0v) is 14.6. The van der Waals surface area contributed by atoms with Crippen LogP contribution in [0.2, 0.25) is 0 Å². The number of likely N-dealkylation sites (tertiary alicyclic amines) is 1. The Morgan fingerprint density at radius 1 is 0.958 bits per heavy atom. The average Bonchev–Trinajstić information content (AvgIpc) is 2.72. The minimum atomic E-state index is -0.280. The van der Waals surface area contributed by atoms with E-state index in [4.69, 9.17) is 4.74 Å². The maximum atomic E-state index is 12.3. The van der Waals surface area contributed by atoms with E-state index in [1.165, 1.54) is 37.0 Å². The number of hydrogen-bond donors (Lipinski definition) is 0. The van der Waals surface area contributed by atoms with Gasteiger partial charge in [-0.15, -0.1) is 0 Å². The lowest BCUT2D eigenvalue weighted by Gasteiger charge is -2.53. The Morgan fingerprint density at radius 2 is 1.46 bits per heavy atom. The summed E-state index contributed by atoms with van der Waals surface area (Å²) in [6.07, 6.45) is 6.43. The first kappa shape index (κ1) is 16.1. The van der Waals surface area contributed by atoms with Crippen LogP contribution in [0.15, 0.2) is 0 Å². The van der Waals surface area contributed by atoms with E-state index in [9.17, 15) is 14.4 Å². The van der Waals surface area contributed by atoms with E-state index in [0.29, 0.717) is 11.8 Å². The number of esters is 1. The van der Waals surface area contributed by atoms with Crippen molar-refractivity contribution >= 4 is 17.8 Å². The number of carbonyl (C=O) groups is 3. The molecule has 0 aromatic carbocycles. The minimum Gasteiger partial charge on any atom is -0.462 e. The van der Waals surface area contributed by atoms with Crippen molar-refractivity contribution in [3.63, 3.8) is 0 Å². The zero-order valence-electron chi connectivity index (χ0n) is 14.6. The molecule has 5 fully saturated rings. The van der Waals surface area contributed by atoms with Gasteiger partial charge >= 0.3 is 5.97 Å². The number of nitrogens with zero attached hydrogens (tertiary/aromatic N) is 1. The fourth-order valence-corrected chi connectivity index (χ4v) is 5.73. The number of carbonyl (C=O) groups excluding carboxylic acids is 3. The molecule has 4 bridgehead atoms. The van der Waals surface area contributed by atoms with Crippen LogP contribution in [-0.2, 0) is 19.1 Å². The molecule has 5 rings (SSSR count). The molecule has 0 aromatic rings. The lowest BCUT2D eigenvalue weighted by Crippen LogP contribution is -2.50. The van der Waals surface area contributed by atoms with E-state index < -0.39 is 0 Å². The predicted molar refractivity (Wildman–Crippen MR) is 86.6 cm³/mol. The first-order chi connectivity index (χ1) is 11.4. The van der Waals surface area contributed by atoms with Gasteiger partial charge in [-0.2, -0.15) is 0 Å². The molecule has 4 aliphatic carbocycles. The molecular weight excluding hydrogens is 306 g/mol. The number of rotatable bonds is 4. The van der Waals surface area contributed by atoms with Crippen molar-refractivity contribution in [2.45, 2.75) is 58.5 Å². The summed E-state index contributed by atoms with van der Waals surface area (Å²) in [5.41, 5.74) is 0. The molecule has 1 heterocycles. The topological polar surface area (TPSA) is 63.7 Å². The third kappa shape index (κ3) is 2.56. The van der Waals surface area contributed by atoms with Crippen LogP contribution in [0.4, 0.5) is 0 Å². The smallest absolute Gasteiger partial charge is 0.307 e. The summed E-state index contributed by atoms with van der Waals surface area (Å²) in [6.45, 7) is 3.72. The highest BCUT2D eigenvalue weighted by atomic mass is 16.5. The lowest BCUT2D eigenvalue weighted by molar-refractivity contribution is -0.171. The highest BCUT2D eigenvalue weighted by Crippen LogP contribution is 2.54. The van der Waals surface area contributed by atoms with Crippen molar-refractivity contribution in [2.24, 2.45) is 35.5 Å². The number of ether oxygens (including phenoxy) is 1. The summed E-state index contributed by atoms with van der Waals surface area (Å²) in [5, 5.41) is 0. The molecule has 4 saturated carbocycles. The maximum Gasteiger partial charge on any atom is 0.307 e. The van der Waals surface area contributed by atoms with Crippen LogP contribution < -0.4 is 0 Å². The van der Waals surface area contributed by atoms with E-state index in [2.05, 4.69) is 0 Å². The second-order valence-corrected chi connectivity index (χ2v) is 8.54. The Balaban J connectivity index is 1.31. The highest BCUT2D eigenvalue weighted by molar-refractivity contribution is 6.04. The Hall–Kier alpha value is -1.39. The van der Waals surface area contributed by atoms with Gasteiger partial charge in [0.25, 0.3) is 0 Å². The van der Waals surface area contributed by atoms with Crippen LogP contribution in [0.25, 0.3) is 0 Å². The van der Waals surface area contributed by atoms with E-state index >= 15 is 0 Å². The molecule has 2 unspecified atom stereocenters. The minimum absolute atomic E-state index is 0.0770. The summed E-state index contributed by atoms with van der Waals surface area (Å²) in [7, 11) is 0. The van der Waals surface area contributed by atoms with Crippen molar-refractivity contribution in [2.75, 3.05) is 6.54 Å². The third-order valence-electron chi connectivity index (χ3n) is 7.01. The maximum absolute atomic E-state index is 12.3. The van der Waals surface area contributed by atoms with Gasteiger partial charge in [-0.1, -0.05) is 13.8 Å². The van der Waals surface area contributed by atoms with Gasteiger partial charge < -0.3 is 4.74 Å². The van der Waals surface area contributed by atoms with Crippen LogP contribution in [0.1, 0.15) is 52.4 Å². The molecule has 0 radical (unpaired) electrons. The van der Waals surface area contributed by atoms with E-state index in [1.807, 2.05) is 0 Å². The number of amides is 2. The van der Waals surface area contributed by atoms with Crippen LogP contribution >= 0.6 is 0 Å². The van der Waals surface area contributed by atoms with Gasteiger partial charge in [-0.25, -0.2) is 0 Å². The van der Waals surface area contributed by atoms with Gasteiger partial charge in [0.15, 0.2) is 0 Å². The molecule has 24 heavy (non-hydrogen) atoms. The van der Waals surface area contributed by atoms with E-state index in [0.717, 1.165) is 11.8 Å². The molecular formula is C19H27NO4. The number of imide groups is 1. The van der Waals surface area contributed by atoms with Crippen molar-refractivity contribution in [1.82, 2.24) is 4.90 Å². The van der Waals surface area contributed by atoms with Gasteiger partial charge in [0.05, 0.1) is 6.42 Å². The first-order valence-corrected chi connectivity index (χ1v) is 9.48. The normalized spacial score (nSPS) is 43.6. The first-order valence-electron chi connectivity index (χ1n) is 9.48. The van der Waals surface area contributed by atoms with E-state index in [-0.39, 0.29) is 48.7 Å². The molecule has 1 saturated heterocycles. The monoisotopic (exact) mass is 333 g/mol. The van der Waals surface area contributed by atoms with Gasteiger partial charge in [-0.05, 0) is 55.8 Å². The molecule has 0 aromatic heterocycles. The van der Waals surface area contributed by atoms with Crippen molar-refractivity contribution in [1.29, 1.82) is 0 Å². The standard InChI is InChI=1S/C19H27NO4/c1-10-11(2)19(23)20(18(10)22)4-3-16(21)24-17-14-6-12-5-13(8-14)9-15(17)7-12/h10-15,17H,3-9H2,1-2H3. The van der Waals surface area contributed by atoms with Gasteiger partial charge in [0.2, 0.25) is 11.8 Å². The molecule has 0 N–H and O–H groups in total. The van der Waals surface area contributed by atoms with Crippen molar-refractivity contribution in [3.8, 4) is 0 Å². The second-order valence-electron chi connectivity index (χ2n) is 8.54. The predicted octanol–water partition coefficient (Wildman–Crippen LogP) is 2.39. The van der Waals surface area contributed by atoms with Crippen LogP contribution in [0.5, 0.6) is 0 Å². The fourth-order valence-electron chi connectivity index (χ4n) is 5.73. The molecule has 132 valence electrons. The van der Waals surface area contributed by atoms with Crippen molar-refractivity contribution < 1.29 is 19.1 Å². The second kappa shape index (κ2) is 5.85. The zero-order chi connectivity index (χ0) is 17.0. The van der Waals surface area contributed by atoms with Crippen LogP contribution in [-0.4, -0.2) is 35.3 Å². The Kier molecular flexibility index (Phi) is 3.92. The molecule has 2 amide bonds. The van der Waals surface area contributed by atoms with Gasteiger partial charge in [-0.3, -0.25) is 19.3 Å². The molecule has 0 spiro atoms. The molecule has 2 atom stereocenters. The fraction of sp³-hybridized carbons (Fsp3) is 0.842.